The Morgan fingerprint density at radius 1 is 1.40 bits per heavy atom. The highest BCUT2D eigenvalue weighted by atomic mass is 79.9. The van der Waals surface area contributed by atoms with Crippen LogP contribution in [0.3, 0.4) is 0 Å². The number of nitrogen functional groups attached to an aromatic ring is 1. The Labute approximate surface area is 127 Å². The number of rotatable bonds is 6. The minimum absolute atomic E-state index is 0.195. The van der Waals surface area contributed by atoms with Crippen LogP contribution in [0.2, 0.25) is 0 Å². The molecule has 0 aliphatic heterocycles. The van der Waals surface area contributed by atoms with E-state index < -0.39 is 0 Å². The van der Waals surface area contributed by atoms with Gasteiger partial charge >= 0.3 is 5.97 Å². The minimum atomic E-state index is -0.246. The lowest BCUT2D eigenvalue weighted by molar-refractivity contribution is -0.143. The molecular formula is C14H19BrN2O3. The van der Waals surface area contributed by atoms with Gasteiger partial charge in [-0.1, -0.05) is 15.9 Å². The normalized spacial score (nSPS) is 10.2. The van der Waals surface area contributed by atoms with Gasteiger partial charge in [0.15, 0.2) is 0 Å². The summed E-state index contributed by atoms with van der Waals surface area (Å²) >= 11 is 3.31. The second-order valence-electron chi connectivity index (χ2n) is 4.33. The molecule has 5 nitrogen and oxygen atoms in total. The lowest BCUT2D eigenvalue weighted by atomic mass is 10.1. The molecule has 110 valence electrons. The Balaban J connectivity index is 2.50. The second kappa shape index (κ2) is 7.89. The van der Waals surface area contributed by atoms with Crippen molar-refractivity contribution in [3.63, 3.8) is 0 Å². The zero-order chi connectivity index (χ0) is 15.1. The van der Waals surface area contributed by atoms with Gasteiger partial charge in [0.25, 0.3) is 5.91 Å². The van der Waals surface area contributed by atoms with Crippen LogP contribution in [0.25, 0.3) is 0 Å². The summed E-state index contributed by atoms with van der Waals surface area (Å²) < 4.78 is 5.57. The lowest BCUT2D eigenvalue weighted by Crippen LogP contribution is -2.26. The number of anilines is 1. The molecule has 0 heterocycles. The van der Waals surface area contributed by atoms with Crippen LogP contribution < -0.4 is 11.1 Å². The third kappa shape index (κ3) is 4.85. The third-order valence-corrected chi connectivity index (χ3v) is 3.26. The first kappa shape index (κ1) is 16.5. The molecule has 1 amide bonds. The zero-order valence-electron chi connectivity index (χ0n) is 11.7. The Hall–Kier alpha value is -1.56. The largest absolute Gasteiger partial charge is 0.466 e. The van der Waals surface area contributed by atoms with E-state index in [1.165, 1.54) is 0 Å². The highest BCUT2D eigenvalue weighted by Gasteiger charge is 2.12. The van der Waals surface area contributed by atoms with Gasteiger partial charge in [0.05, 0.1) is 6.61 Å². The molecule has 0 saturated carbocycles. The van der Waals surface area contributed by atoms with Gasteiger partial charge in [0, 0.05) is 28.7 Å². The van der Waals surface area contributed by atoms with Crippen LogP contribution in [0.4, 0.5) is 5.69 Å². The molecule has 3 N–H and O–H groups in total. The third-order valence-electron chi connectivity index (χ3n) is 2.81. The number of nitrogens with one attached hydrogen (secondary N) is 1. The van der Waals surface area contributed by atoms with E-state index in [0.717, 1.165) is 10.0 Å². The Morgan fingerprint density at radius 3 is 2.75 bits per heavy atom. The summed E-state index contributed by atoms with van der Waals surface area (Å²) in [5.41, 5.74) is 7.66. The number of esters is 1. The van der Waals surface area contributed by atoms with E-state index in [1.807, 2.05) is 0 Å². The summed E-state index contributed by atoms with van der Waals surface area (Å²) in [6.07, 6.45) is 0.848. The first-order valence-electron chi connectivity index (χ1n) is 6.45. The van der Waals surface area contributed by atoms with E-state index >= 15 is 0 Å². The van der Waals surface area contributed by atoms with E-state index in [0.29, 0.717) is 37.2 Å². The molecule has 1 aromatic carbocycles. The summed E-state index contributed by atoms with van der Waals surface area (Å²) in [6, 6.07) is 3.49. The minimum Gasteiger partial charge on any atom is -0.466 e. The fourth-order valence-corrected chi connectivity index (χ4v) is 2.17. The van der Waals surface area contributed by atoms with Gasteiger partial charge in [0.2, 0.25) is 0 Å². The number of carbonyl (C=O) groups is 2. The molecule has 1 rings (SSSR count). The maximum absolute atomic E-state index is 12.0. The summed E-state index contributed by atoms with van der Waals surface area (Å²) in [7, 11) is 0. The molecule has 1 aromatic rings. The Bertz CT molecular complexity index is 503. The standard InChI is InChI=1S/C14H19BrN2O3/c1-3-20-13(18)5-4-6-17-14(19)11-7-10(15)8-12(16)9(11)2/h7-8H,3-6,16H2,1-2H3,(H,17,19). The molecular weight excluding hydrogens is 324 g/mol. The molecule has 0 radical (unpaired) electrons. The summed E-state index contributed by atoms with van der Waals surface area (Å²) in [5, 5.41) is 2.77. The van der Waals surface area contributed by atoms with E-state index in [2.05, 4.69) is 21.2 Å². The van der Waals surface area contributed by atoms with Gasteiger partial charge in [0.1, 0.15) is 0 Å². The van der Waals surface area contributed by atoms with E-state index in [-0.39, 0.29) is 11.9 Å². The highest BCUT2D eigenvalue weighted by molar-refractivity contribution is 9.10. The molecule has 0 atom stereocenters. The van der Waals surface area contributed by atoms with Crippen molar-refractivity contribution in [2.75, 3.05) is 18.9 Å². The van der Waals surface area contributed by atoms with Crippen LogP contribution >= 0.6 is 15.9 Å². The monoisotopic (exact) mass is 342 g/mol. The lowest BCUT2D eigenvalue weighted by Gasteiger charge is -2.10. The van der Waals surface area contributed by atoms with Crippen LogP contribution in [0.1, 0.15) is 35.7 Å². The first-order valence-corrected chi connectivity index (χ1v) is 7.24. The smallest absolute Gasteiger partial charge is 0.305 e. The Morgan fingerprint density at radius 2 is 2.10 bits per heavy atom. The van der Waals surface area contributed by atoms with E-state index in [4.69, 9.17) is 10.5 Å². The van der Waals surface area contributed by atoms with Crippen molar-refractivity contribution in [2.45, 2.75) is 26.7 Å². The topological polar surface area (TPSA) is 81.4 Å². The number of ether oxygens (including phenoxy) is 1. The van der Waals surface area contributed by atoms with Crippen molar-refractivity contribution in [1.29, 1.82) is 0 Å². The van der Waals surface area contributed by atoms with Crippen molar-refractivity contribution in [3.8, 4) is 0 Å². The predicted molar refractivity (Wildman–Crippen MR) is 81.5 cm³/mol. The highest BCUT2D eigenvalue weighted by Crippen LogP contribution is 2.22. The molecule has 20 heavy (non-hydrogen) atoms. The number of hydrogen-bond donors (Lipinski definition) is 2. The fourth-order valence-electron chi connectivity index (χ4n) is 1.70. The summed E-state index contributed by atoms with van der Waals surface area (Å²) in [6.45, 7) is 4.36. The average molecular weight is 343 g/mol. The maximum atomic E-state index is 12.0. The van der Waals surface area contributed by atoms with Crippen LogP contribution in [0, 0.1) is 6.92 Å². The zero-order valence-corrected chi connectivity index (χ0v) is 13.2. The van der Waals surface area contributed by atoms with Crippen molar-refractivity contribution < 1.29 is 14.3 Å². The number of benzene rings is 1. The SMILES string of the molecule is CCOC(=O)CCCNC(=O)c1cc(Br)cc(N)c1C. The van der Waals surface area contributed by atoms with Crippen LogP contribution in [0.5, 0.6) is 0 Å². The van der Waals surface area contributed by atoms with E-state index in [1.54, 1.807) is 26.0 Å². The summed E-state index contributed by atoms with van der Waals surface area (Å²) in [5.74, 6) is -0.441. The second-order valence-corrected chi connectivity index (χ2v) is 5.25. The number of nitrogens with two attached hydrogens (primary N) is 1. The predicted octanol–water partition coefficient (Wildman–Crippen LogP) is 2.41. The molecule has 0 saturated heterocycles. The average Bonchev–Trinajstić information content (AvgIpc) is 2.39. The molecule has 0 aliphatic rings. The number of carbonyl (C=O) groups excluding carboxylic acids is 2. The van der Waals surface area contributed by atoms with Gasteiger partial charge in [-0.05, 0) is 38.0 Å². The van der Waals surface area contributed by atoms with Crippen molar-refractivity contribution in [1.82, 2.24) is 5.32 Å². The fraction of sp³-hybridized carbons (Fsp3) is 0.429. The van der Waals surface area contributed by atoms with Crippen LogP contribution in [0.15, 0.2) is 16.6 Å². The van der Waals surface area contributed by atoms with Crippen molar-refractivity contribution >= 4 is 33.5 Å². The van der Waals surface area contributed by atoms with Gasteiger partial charge < -0.3 is 15.8 Å². The number of halogens is 1. The van der Waals surface area contributed by atoms with Crippen molar-refractivity contribution in [2.24, 2.45) is 0 Å². The molecule has 0 spiro atoms. The Kier molecular flexibility index (Phi) is 6.51. The van der Waals surface area contributed by atoms with Gasteiger partial charge in [-0.15, -0.1) is 0 Å². The van der Waals surface area contributed by atoms with E-state index in [9.17, 15) is 9.59 Å². The molecule has 6 heteroatoms. The van der Waals surface area contributed by atoms with Crippen LogP contribution in [-0.4, -0.2) is 25.0 Å². The molecule has 0 bridgehead atoms. The number of hydrogen-bond acceptors (Lipinski definition) is 4. The molecule has 0 unspecified atom stereocenters. The molecule has 0 aromatic heterocycles. The summed E-state index contributed by atoms with van der Waals surface area (Å²) in [4.78, 5) is 23.2. The van der Waals surface area contributed by atoms with Gasteiger partial charge in [-0.2, -0.15) is 0 Å². The number of amides is 1. The quantitative estimate of drug-likeness (QED) is 0.472. The first-order chi connectivity index (χ1) is 9.45. The van der Waals surface area contributed by atoms with Crippen LogP contribution in [-0.2, 0) is 9.53 Å². The van der Waals surface area contributed by atoms with Crippen molar-refractivity contribution in [3.05, 3.63) is 27.7 Å². The molecule has 0 aliphatic carbocycles. The van der Waals surface area contributed by atoms with Gasteiger partial charge in [-0.25, -0.2) is 0 Å². The van der Waals surface area contributed by atoms with Gasteiger partial charge in [-0.3, -0.25) is 9.59 Å². The molecule has 0 fully saturated rings. The maximum Gasteiger partial charge on any atom is 0.305 e.